The molecule has 0 amide bonds. The van der Waals surface area contributed by atoms with E-state index in [1.165, 1.54) is 0 Å². The second kappa shape index (κ2) is 4.28. The lowest BCUT2D eigenvalue weighted by atomic mass is 10.3. The molecule has 0 unspecified atom stereocenters. The van der Waals surface area contributed by atoms with E-state index < -0.39 is 16.0 Å². The molecule has 64 valence electrons. The molecule has 0 aromatic rings. The van der Waals surface area contributed by atoms with Gasteiger partial charge in [-0.25, -0.2) is 0 Å². The molecular formula is C7H11FO2S. The lowest BCUT2D eigenvalue weighted by Gasteiger charge is -1.92. The van der Waals surface area contributed by atoms with E-state index in [4.69, 9.17) is 0 Å². The van der Waals surface area contributed by atoms with Crippen molar-refractivity contribution in [3.63, 3.8) is 0 Å². The van der Waals surface area contributed by atoms with Gasteiger partial charge in [-0.3, -0.25) is 0 Å². The lowest BCUT2D eigenvalue weighted by molar-refractivity contribution is 0.554. The Kier molecular flexibility index (Phi) is 4.03. The Morgan fingerprint density at radius 3 is 2.45 bits per heavy atom. The SMILES string of the molecule is C/C=C\C=C(/C)CS(=O)(=O)F. The largest absolute Gasteiger partial charge is 0.306 e. The van der Waals surface area contributed by atoms with E-state index in [1.807, 2.05) is 0 Å². The fraction of sp³-hybridized carbons (Fsp3) is 0.429. The van der Waals surface area contributed by atoms with Crippen molar-refractivity contribution < 1.29 is 12.3 Å². The van der Waals surface area contributed by atoms with Crippen molar-refractivity contribution in [2.45, 2.75) is 13.8 Å². The number of hydrogen-bond donors (Lipinski definition) is 0. The molecule has 0 aromatic heterocycles. The van der Waals surface area contributed by atoms with E-state index in [9.17, 15) is 12.3 Å². The summed E-state index contributed by atoms with van der Waals surface area (Å²) in [6.45, 7) is 3.37. The third kappa shape index (κ3) is 7.25. The molecule has 0 aliphatic rings. The monoisotopic (exact) mass is 178 g/mol. The topological polar surface area (TPSA) is 34.1 Å². The van der Waals surface area contributed by atoms with Crippen molar-refractivity contribution in [3.8, 4) is 0 Å². The molecule has 0 aromatic carbocycles. The van der Waals surface area contributed by atoms with Gasteiger partial charge in [0.15, 0.2) is 0 Å². The standard InChI is InChI=1S/C7H11FO2S/c1-3-4-5-7(2)6-11(8,9)10/h3-5H,6H2,1-2H3/b4-3-,7-5+. The first-order valence-corrected chi connectivity index (χ1v) is 4.72. The van der Waals surface area contributed by atoms with Crippen molar-refractivity contribution in [3.05, 3.63) is 23.8 Å². The van der Waals surface area contributed by atoms with E-state index in [1.54, 1.807) is 32.1 Å². The van der Waals surface area contributed by atoms with Gasteiger partial charge in [0, 0.05) is 0 Å². The van der Waals surface area contributed by atoms with Crippen LogP contribution < -0.4 is 0 Å². The van der Waals surface area contributed by atoms with Crippen LogP contribution in [0.3, 0.4) is 0 Å². The third-order valence-corrected chi connectivity index (χ3v) is 1.77. The van der Waals surface area contributed by atoms with Crippen molar-refractivity contribution in [1.29, 1.82) is 0 Å². The molecule has 0 N–H and O–H groups in total. The smallest absolute Gasteiger partial charge is 0.195 e. The minimum atomic E-state index is -4.36. The van der Waals surface area contributed by atoms with Gasteiger partial charge in [0.25, 0.3) is 0 Å². The summed E-state index contributed by atoms with van der Waals surface area (Å²) in [6.07, 6.45) is 4.98. The molecule has 0 aliphatic heterocycles. The Morgan fingerprint density at radius 1 is 1.55 bits per heavy atom. The summed E-state index contributed by atoms with van der Waals surface area (Å²) in [7, 11) is -4.36. The molecule has 0 heterocycles. The lowest BCUT2D eigenvalue weighted by Crippen LogP contribution is -1.98. The molecule has 0 saturated carbocycles. The van der Waals surface area contributed by atoms with Gasteiger partial charge in [-0.05, 0) is 13.8 Å². The molecule has 0 fully saturated rings. The van der Waals surface area contributed by atoms with Gasteiger partial charge in [-0.2, -0.15) is 8.42 Å². The summed E-state index contributed by atoms with van der Waals surface area (Å²) in [5.41, 5.74) is 0.491. The summed E-state index contributed by atoms with van der Waals surface area (Å²) in [5.74, 6) is -0.517. The molecule has 0 atom stereocenters. The zero-order valence-corrected chi connectivity index (χ0v) is 7.36. The Morgan fingerprint density at radius 2 is 2.09 bits per heavy atom. The van der Waals surface area contributed by atoms with Crippen LogP contribution in [0.2, 0.25) is 0 Å². The number of allylic oxidation sites excluding steroid dienone is 3. The Balaban J connectivity index is 4.19. The fourth-order valence-electron chi connectivity index (χ4n) is 0.581. The van der Waals surface area contributed by atoms with Crippen molar-refractivity contribution in [1.82, 2.24) is 0 Å². The zero-order chi connectivity index (χ0) is 8.91. The van der Waals surface area contributed by atoms with E-state index in [-0.39, 0.29) is 0 Å². The van der Waals surface area contributed by atoms with E-state index in [2.05, 4.69) is 0 Å². The van der Waals surface area contributed by atoms with Crippen molar-refractivity contribution in [2.75, 3.05) is 5.75 Å². The van der Waals surface area contributed by atoms with E-state index in [0.717, 1.165) is 0 Å². The summed E-state index contributed by atoms with van der Waals surface area (Å²) in [6, 6.07) is 0. The third-order valence-electron chi connectivity index (χ3n) is 0.973. The molecule has 0 radical (unpaired) electrons. The van der Waals surface area contributed by atoms with Crippen LogP contribution in [0.5, 0.6) is 0 Å². The Labute approximate surface area is 66.6 Å². The molecule has 2 nitrogen and oxygen atoms in total. The first-order chi connectivity index (χ1) is 4.95. The highest BCUT2D eigenvalue weighted by molar-refractivity contribution is 7.86. The van der Waals surface area contributed by atoms with Crippen LogP contribution in [-0.4, -0.2) is 14.2 Å². The molecule has 0 bridgehead atoms. The highest BCUT2D eigenvalue weighted by Crippen LogP contribution is 2.01. The summed E-state index contributed by atoms with van der Waals surface area (Å²) >= 11 is 0. The molecule has 0 rings (SSSR count). The number of hydrogen-bond acceptors (Lipinski definition) is 2. The highest BCUT2D eigenvalue weighted by Gasteiger charge is 2.06. The minimum Gasteiger partial charge on any atom is -0.195 e. The average molecular weight is 178 g/mol. The van der Waals surface area contributed by atoms with Gasteiger partial charge >= 0.3 is 10.2 Å². The predicted molar refractivity (Wildman–Crippen MR) is 43.5 cm³/mol. The summed E-state index contributed by atoms with van der Waals surface area (Å²) < 4.78 is 32.1. The molecule has 4 heteroatoms. The predicted octanol–water partition coefficient (Wildman–Crippen LogP) is 1.81. The number of rotatable bonds is 3. The van der Waals surface area contributed by atoms with Crippen LogP contribution in [0.25, 0.3) is 0 Å². The maximum Gasteiger partial charge on any atom is 0.306 e. The molecule has 11 heavy (non-hydrogen) atoms. The van der Waals surface area contributed by atoms with Gasteiger partial charge < -0.3 is 0 Å². The van der Waals surface area contributed by atoms with Crippen molar-refractivity contribution in [2.24, 2.45) is 0 Å². The Hall–Kier alpha value is -0.640. The minimum absolute atomic E-state index is 0.491. The van der Waals surface area contributed by atoms with Crippen LogP contribution in [0.4, 0.5) is 3.89 Å². The van der Waals surface area contributed by atoms with Crippen LogP contribution in [0.1, 0.15) is 13.8 Å². The summed E-state index contributed by atoms with van der Waals surface area (Å²) in [4.78, 5) is 0. The van der Waals surface area contributed by atoms with Gasteiger partial charge in [0.1, 0.15) is 5.75 Å². The normalized spacial score (nSPS) is 14.3. The van der Waals surface area contributed by atoms with E-state index >= 15 is 0 Å². The first kappa shape index (κ1) is 10.4. The summed E-state index contributed by atoms with van der Waals surface area (Å²) in [5, 5.41) is 0. The highest BCUT2D eigenvalue weighted by atomic mass is 32.3. The zero-order valence-electron chi connectivity index (χ0n) is 6.54. The Bertz CT molecular complexity index is 262. The maximum absolute atomic E-state index is 12.0. The van der Waals surface area contributed by atoms with Crippen LogP contribution >= 0.6 is 0 Å². The molecule has 0 aliphatic carbocycles. The second-order valence-corrected chi connectivity index (χ2v) is 3.59. The molecular weight excluding hydrogens is 167 g/mol. The van der Waals surface area contributed by atoms with Crippen LogP contribution in [0.15, 0.2) is 23.8 Å². The van der Waals surface area contributed by atoms with Crippen LogP contribution in [0, 0.1) is 0 Å². The quantitative estimate of drug-likeness (QED) is 0.488. The van der Waals surface area contributed by atoms with Gasteiger partial charge in [0.2, 0.25) is 0 Å². The number of halogens is 1. The van der Waals surface area contributed by atoms with Crippen LogP contribution in [-0.2, 0) is 10.2 Å². The van der Waals surface area contributed by atoms with Gasteiger partial charge in [-0.15, -0.1) is 3.89 Å². The maximum atomic E-state index is 12.0. The second-order valence-electron chi connectivity index (χ2n) is 2.22. The van der Waals surface area contributed by atoms with Gasteiger partial charge in [-0.1, -0.05) is 23.8 Å². The fourth-order valence-corrected chi connectivity index (χ4v) is 1.22. The van der Waals surface area contributed by atoms with Crippen molar-refractivity contribution >= 4 is 10.2 Å². The molecule has 0 spiro atoms. The van der Waals surface area contributed by atoms with E-state index in [0.29, 0.717) is 5.57 Å². The molecule has 0 saturated heterocycles. The first-order valence-electron chi connectivity index (χ1n) is 3.16. The average Bonchev–Trinajstić information content (AvgIpc) is 1.79. The van der Waals surface area contributed by atoms with Gasteiger partial charge in [0.05, 0.1) is 0 Å².